The molecule has 0 aromatic carbocycles. The second kappa shape index (κ2) is 9.56. The summed E-state index contributed by atoms with van der Waals surface area (Å²) in [6.45, 7) is 26.8. The molecule has 0 rings (SSSR count). The normalized spacial score (nSPS) is 15.2. The molecule has 0 radical (unpaired) electrons. The topological polar surface area (TPSA) is 40.2 Å². The Labute approximate surface area is 169 Å². The molecule has 5 nitrogen and oxygen atoms in total. The first-order valence-electron chi connectivity index (χ1n) is 9.27. The Hall–Kier alpha value is 1.53. The fourth-order valence-corrected chi connectivity index (χ4v) is 21.2. The van der Waals surface area contributed by atoms with Gasteiger partial charge in [-0.3, -0.25) is 0 Å². The summed E-state index contributed by atoms with van der Waals surface area (Å²) >= 11 is 0. The Morgan fingerprint density at radius 1 is 0.615 bits per heavy atom. The van der Waals surface area contributed by atoms with E-state index in [2.05, 4.69) is 97.3 Å². The molecular formula is C15H44NO4P2Si4+. The van der Waals surface area contributed by atoms with Crippen LogP contribution in [0.1, 0.15) is 0 Å². The summed E-state index contributed by atoms with van der Waals surface area (Å²) in [6.07, 6.45) is 0. The second-order valence-electron chi connectivity index (χ2n) is 10.8. The highest BCUT2D eigenvalue weighted by molar-refractivity contribution is 7.77. The highest BCUT2D eigenvalue weighted by Crippen LogP contribution is 2.72. The van der Waals surface area contributed by atoms with Crippen LogP contribution in [-0.4, -0.2) is 57.9 Å². The molecule has 0 aliphatic carbocycles. The predicted molar refractivity (Wildman–Crippen MR) is 130 cm³/mol. The van der Waals surface area contributed by atoms with Crippen molar-refractivity contribution in [2.45, 2.75) is 78.6 Å². The summed E-state index contributed by atoms with van der Waals surface area (Å²) in [5.41, 5.74) is 0. The van der Waals surface area contributed by atoms with Crippen LogP contribution in [-0.2, 0) is 16.9 Å². The zero-order valence-corrected chi connectivity index (χ0v) is 25.5. The lowest BCUT2D eigenvalue weighted by molar-refractivity contribution is 0.385. The van der Waals surface area contributed by atoms with Gasteiger partial charge in [0.05, 0.1) is 0 Å². The van der Waals surface area contributed by atoms with Crippen molar-refractivity contribution in [3.8, 4) is 0 Å². The van der Waals surface area contributed by atoms with Crippen molar-refractivity contribution in [2.24, 2.45) is 0 Å². The first kappa shape index (κ1) is 27.5. The summed E-state index contributed by atoms with van der Waals surface area (Å²) in [4.78, 5) is 0. The molecule has 0 heterocycles. The van der Waals surface area contributed by atoms with Gasteiger partial charge in [0.15, 0.2) is 30.9 Å². The second-order valence-corrected chi connectivity index (χ2v) is 34.5. The van der Waals surface area contributed by atoms with Gasteiger partial charge in [-0.25, -0.2) is 8.43 Å². The van der Waals surface area contributed by atoms with Crippen molar-refractivity contribution in [3.63, 3.8) is 0 Å². The maximum atomic E-state index is 6.80. The molecule has 158 valence electrons. The van der Waals surface area contributed by atoms with E-state index in [0.717, 1.165) is 5.90 Å². The maximum absolute atomic E-state index is 6.80. The van der Waals surface area contributed by atoms with E-state index < -0.39 is 49.5 Å². The Morgan fingerprint density at radius 2 is 0.923 bits per heavy atom. The van der Waals surface area contributed by atoms with Gasteiger partial charge in [0, 0.05) is 14.1 Å². The fourth-order valence-electron chi connectivity index (χ4n) is 2.06. The molecule has 0 unspecified atom stereocenters. The average molecular weight is 477 g/mol. The maximum Gasteiger partial charge on any atom is 0.333 e. The monoisotopic (exact) mass is 476 g/mol. The third-order valence-corrected chi connectivity index (χ3v) is 18.7. The standard InChI is InChI=1S/C15H44NO4P2Si4/c1-16(2)22(19-25(9,10)11,20-26(12,13)14)15-21(17-23(3,4)5)18-24(6,7)8/h15H2,1-14H3/q+1. The van der Waals surface area contributed by atoms with Gasteiger partial charge in [0.2, 0.25) is 16.6 Å². The van der Waals surface area contributed by atoms with Crippen LogP contribution in [0.15, 0.2) is 0 Å². The van der Waals surface area contributed by atoms with Crippen molar-refractivity contribution in [1.29, 1.82) is 0 Å². The van der Waals surface area contributed by atoms with Crippen LogP contribution in [0.5, 0.6) is 0 Å². The summed E-state index contributed by atoms with van der Waals surface area (Å²) < 4.78 is 28.9. The summed E-state index contributed by atoms with van der Waals surface area (Å²) in [5.74, 6) is 0.735. The molecule has 0 aromatic heterocycles. The molecule has 0 amide bonds. The molecule has 11 heteroatoms. The number of hydrogen-bond acceptors (Lipinski definition) is 5. The smallest absolute Gasteiger partial charge is 0.333 e. The van der Waals surface area contributed by atoms with Crippen LogP contribution in [0.4, 0.5) is 0 Å². The number of hydrogen-bond donors (Lipinski definition) is 0. The van der Waals surface area contributed by atoms with Gasteiger partial charge in [0.1, 0.15) is 0 Å². The first-order valence-corrected chi connectivity index (χ1v) is 26.0. The quantitative estimate of drug-likeness (QED) is 0.237. The SMILES string of the molecule is CN(C)[P+](CP(O[Si](C)(C)C)O[Si](C)(C)C)(O[Si](C)(C)C)O[Si](C)(C)C. The van der Waals surface area contributed by atoms with E-state index in [4.69, 9.17) is 16.9 Å². The minimum absolute atomic E-state index is 0.735. The average Bonchev–Trinajstić information content (AvgIpc) is 2.17. The Bertz CT molecular complexity index is 411. The van der Waals surface area contributed by atoms with E-state index in [-0.39, 0.29) is 0 Å². The molecule has 0 aliphatic rings. The van der Waals surface area contributed by atoms with E-state index in [1.807, 2.05) is 0 Å². The first-order chi connectivity index (χ1) is 11.1. The third kappa shape index (κ3) is 12.9. The number of rotatable bonds is 11. The van der Waals surface area contributed by atoms with E-state index >= 15 is 0 Å². The molecule has 0 aromatic rings. The van der Waals surface area contributed by atoms with Gasteiger partial charge in [-0.1, -0.05) is 0 Å². The molecule has 0 saturated carbocycles. The molecule has 0 N–H and O–H groups in total. The molecule has 0 bridgehead atoms. The lowest BCUT2D eigenvalue weighted by atomic mass is 11.3. The van der Waals surface area contributed by atoms with Crippen molar-refractivity contribution >= 4 is 49.5 Å². The highest BCUT2D eigenvalue weighted by Gasteiger charge is 2.55. The van der Waals surface area contributed by atoms with Crippen molar-refractivity contribution < 1.29 is 16.9 Å². The van der Waals surface area contributed by atoms with Crippen LogP contribution < -0.4 is 0 Å². The van der Waals surface area contributed by atoms with Crippen molar-refractivity contribution in [2.75, 3.05) is 20.0 Å². The molecule has 26 heavy (non-hydrogen) atoms. The lowest BCUT2D eigenvalue weighted by Crippen LogP contribution is -2.39. The zero-order valence-electron chi connectivity index (χ0n) is 19.7. The predicted octanol–water partition coefficient (Wildman–Crippen LogP) is 6.99. The van der Waals surface area contributed by atoms with Crippen LogP contribution in [0.2, 0.25) is 78.6 Å². The van der Waals surface area contributed by atoms with Gasteiger partial charge >= 0.3 is 7.87 Å². The van der Waals surface area contributed by atoms with Crippen LogP contribution in [0.3, 0.4) is 0 Å². The van der Waals surface area contributed by atoms with Gasteiger partial charge in [-0.2, -0.15) is 0 Å². The molecular weight excluding hydrogens is 432 g/mol. The Kier molecular flexibility index (Phi) is 10.1. The highest BCUT2D eigenvalue weighted by atomic mass is 31.3. The summed E-state index contributed by atoms with van der Waals surface area (Å²) in [7, 11) is -6.22. The minimum Gasteiger partial charge on any atom is -0.374 e. The fraction of sp³-hybridized carbons (Fsp3) is 1.00. The molecule has 0 atom stereocenters. The van der Waals surface area contributed by atoms with E-state index in [0.29, 0.717) is 0 Å². The molecule has 0 spiro atoms. The Balaban J connectivity index is 5.93. The van der Waals surface area contributed by atoms with Crippen molar-refractivity contribution in [1.82, 2.24) is 4.67 Å². The third-order valence-electron chi connectivity index (χ3n) is 2.49. The zero-order chi connectivity index (χ0) is 21.2. The van der Waals surface area contributed by atoms with Gasteiger partial charge in [-0.05, 0) is 78.6 Å². The molecule has 0 aliphatic heterocycles. The minimum atomic E-state index is -2.26. The van der Waals surface area contributed by atoms with E-state index in [9.17, 15) is 0 Å². The lowest BCUT2D eigenvalue weighted by Gasteiger charge is -2.39. The van der Waals surface area contributed by atoms with Gasteiger partial charge in [0.25, 0.3) is 0 Å². The largest absolute Gasteiger partial charge is 0.374 e. The molecule has 0 fully saturated rings. The van der Waals surface area contributed by atoms with E-state index in [1.54, 1.807) is 0 Å². The van der Waals surface area contributed by atoms with E-state index in [1.165, 1.54) is 0 Å². The molecule has 0 saturated heterocycles. The number of nitrogens with zero attached hydrogens (tertiary/aromatic N) is 1. The summed E-state index contributed by atoms with van der Waals surface area (Å²) in [5, 5.41) is 0. The van der Waals surface area contributed by atoms with Crippen molar-refractivity contribution in [3.05, 3.63) is 0 Å². The Morgan fingerprint density at radius 3 is 1.12 bits per heavy atom. The van der Waals surface area contributed by atoms with Crippen LogP contribution in [0, 0.1) is 0 Å². The van der Waals surface area contributed by atoms with Crippen LogP contribution >= 0.6 is 16.2 Å². The summed E-state index contributed by atoms with van der Waals surface area (Å²) in [6, 6.07) is 0. The van der Waals surface area contributed by atoms with Crippen LogP contribution in [0.25, 0.3) is 0 Å². The van der Waals surface area contributed by atoms with Gasteiger partial charge < -0.3 is 8.43 Å². The van der Waals surface area contributed by atoms with Gasteiger partial charge in [-0.15, -0.1) is 4.67 Å².